The van der Waals surface area contributed by atoms with Crippen molar-refractivity contribution in [2.24, 2.45) is 16.8 Å². The highest BCUT2D eigenvalue weighted by atomic mass is 32.2. The lowest BCUT2D eigenvalue weighted by Gasteiger charge is -2.34. The van der Waals surface area contributed by atoms with Gasteiger partial charge in [0.2, 0.25) is 5.91 Å². The van der Waals surface area contributed by atoms with Crippen LogP contribution in [0.4, 0.5) is 0 Å². The summed E-state index contributed by atoms with van der Waals surface area (Å²) in [6.45, 7) is 8.47. The van der Waals surface area contributed by atoms with Crippen LogP contribution in [0, 0.1) is 11.8 Å². The van der Waals surface area contributed by atoms with Crippen LogP contribution in [0.5, 0.6) is 5.75 Å². The Morgan fingerprint density at radius 1 is 1.18 bits per heavy atom. The number of likely N-dealkylation sites (tertiary alicyclic amines) is 1. The molecular formula is C23H33N3O6S2. The zero-order valence-corrected chi connectivity index (χ0v) is 21.8. The second-order valence-electron chi connectivity index (χ2n) is 8.87. The first-order valence-electron chi connectivity index (χ1n) is 11.4. The minimum absolute atomic E-state index is 0.325. The summed E-state index contributed by atoms with van der Waals surface area (Å²) in [6.07, 6.45) is 1.01. The number of carbonyl (C=O) groups is 2. The number of carbonyl (C=O) groups excluding carboxylic acids is 2. The molecule has 0 aliphatic carbocycles. The molecule has 9 nitrogen and oxygen atoms in total. The Morgan fingerprint density at radius 2 is 1.88 bits per heavy atom. The molecule has 0 bridgehead atoms. The first-order valence-corrected chi connectivity index (χ1v) is 14.1. The van der Waals surface area contributed by atoms with Gasteiger partial charge >= 0.3 is 0 Å². The smallest absolute Gasteiger partial charge is 0.263 e. The number of piperidine rings is 1. The first kappa shape index (κ1) is 26.4. The Hall–Kier alpha value is -2.24. The Morgan fingerprint density at radius 3 is 2.53 bits per heavy atom. The molecule has 3 rings (SSSR count). The number of amides is 2. The van der Waals surface area contributed by atoms with Crippen molar-refractivity contribution in [3.05, 3.63) is 23.0 Å². The summed E-state index contributed by atoms with van der Waals surface area (Å²) in [7, 11) is -2.36. The van der Waals surface area contributed by atoms with E-state index in [2.05, 4.69) is 4.99 Å². The van der Waals surface area contributed by atoms with Gasteiger partial charge in [0.05, 0.1) is 23.4 Å². The molecule has 0 N–H and O–H groups in total. The van der Waals surface area contributed by atoms with Gasteiger partial charge in [-0.3, -0.25) is 9.59 Å². The van der Waals surface area contributed by atoms with Gasteiger partial charge in [-0.1, -0.05) is 25.2 Å². The van der Waals surface area contributed by atoms with E-state index >= 15 is 0 Å². The average molecular weight is 512 g/mol. The van der Waals surface area contributed by atoms with Crippen LogP contribution in [-0.2, 0) is 30.7 Å². The number of sulfone groups is 1. The summed E-state index contributed by atoms with van der Waals surface area (Å²) in [4.78, 5) is 31.3. The fourth-order valence-electron chi connectivity index (χ4n) is 4.32. The van der Waals surface area contributed by atoms with E-state index in [4.69, 9.17) is 9.47 Å². The average Bonchev–Trinajstić information content (AvgIpc) is 3.06. The summed E-state index contributed by atoms with van der Waals surface area (Å²) < 4.78 is 38.7. The van der Waals surface area contributed by atoms with Crippen LogP contribution in [0.3, 0.4) is 0 Å². The van der Waals surface area contributed by atoms with Gasteiger partial charge in [-0.05, 0) is 43.4 Å². The van der Waals surface area contributed by atoms with E-state index in [9.17, 15) is 18.0 Å². The summed E-state index contributed by atoms with van der Waals surface area (Å²) in [6, 6.07) is 5.59. The minimum atomic E-state index is -3.94. The van der Waals surface area contributed by atoms with Crippen molar-refractivity contribution in [3.8, 4) is 5.75 Å². The number of ether oxygens (including phenoxy) is 2. The lowest BCUT2D eigenvalue weighted by molar-refractivity contribution is -0.131. The van der Waals surface area contributed by atoms with Crippen LogP contribution in [0.1, 0.15) is 27.2 Å². The fraction of sp³-hybridized carbons (Fsp3) is 0.609. The Bertz CT molecular complexity index is 1190. The second kappa shape index (κ2) is 11.5. The van der Waals surface area contributed by atoms with Crippen molar-refractivity contribution in [2.45, 2.75) is 33.7 Å². The fourth-order valence-corrected chi connectivity index (χ4v) is 6.52. The van der Waals surface area contributed by atoms with E-state index < -0.39 is 33.2 Å². The van der Waals surface area contributed by atoms with E-state index in [0.29, 0.717) is 55.2 Å². The third kappa shape index (κ3) is 6.89. The minimum Gasteiger partial charge on any atom is -0.494 e. The maximum atomic E-state index is 12.6. The Labute approximate surface area is 204 Å². The van der Waals surface area contributed by atoms with Gasteiger partial charge in [0.15, 0.2) is 14.6 Å². The summed E-state index contributed by atoms with van der Waals surface area (Å²) in [5, 5.41) is 0. The maximum Gasteiger partial charge on any atom is 0.263 e. The number of methoxy groups -OCH3 is 1. The molecule has 2 aromatic rings. The van der Waals surface area contributed by atoms with Crippen molar-refractivity contribution in [3.63, 3.8) is 0 Å². The third-order valence-corrected chi connectivity index (χ3v) is 8.03. The van der Waals surface area contributed by atoms with Crippen LogP contribution in [0.15, 0.2) is 23.2 Å². The highest BCUT2D eigenvalue weighted by molar-refractivity contribution is 7.92. The number of rotatable bonds is 9. The highest BCUT2D eigenvalue weighted by Gasteiger charge is 2.29. The van der Waals surface area contributed by atoms with Crippen molar-refractivity contribution in [1.29, 1.82) is 0 Å². The lowest BCUT2D eigenvalue weighted by Crippen LogP contribution is -2.45. The molecule has 2 unspecified atom stereocenters. The number of benzene rings is 1. The molecule has 11 heteroatoms. The van der Waals surface area contributed by atoms with E-state index in [1.54, 1.807) is 12.0 Å². The predicted octanol–water partition coefficient (Wildman–Crippen LogP) is 2.09. The standard InChI is InChI=1S/C23H33N3O6S2/c1-5-32-18-6-7-19-20(11-18)33-23(26(19)8-9-31-4)24-21(27)14-34(29,30)15-22(28)25-12-16(2)10-17(3)13-25/h6-7,11,16-17H,5,8-10,12-15H2,1-4H3. The number of aromatic nitrogens is 1. The van der Waals surface area contributed by atoms with Gasteiger partial charge in [-0.25, -0.2) is 8.42 Å². The van der Waals surface area contributed by atoms with Gasteiger partial charge < -0.3 is 18.9 Å². The van der Waals surface area contributed by atoms with Crippen molar-refractivity contribution in [1.82, 2.24) is 9.47 Å². The van der Waals surface area contributed by atoms with Crippen LogP contribution < -0.4 is 9.54 Å². The molecule has 2 atom stereocenters. The molecule has 0 saturated carbocycles. The van der Waals surface area contributed by atoms with Crippen molar-refractivity contribution < 1.29 is 27.5 Å². The molecule has 1 aliphatic heterocycles. The van der Waals surface area contributed by atoms with Crippen LogP contribution in [0.2, 0.25) is 0 Å². The van der Waals surface area contributed by atoms with E-state index in [-0.39, 0.29) is 0 Å². The van der Waals surface area contributed by atoms with Gasteiger partial charge in [-0.2, -0.15) is 4.99 Å². The molecule has 0 radical (unpaired) electrons. The van der Waals surface area contributed by atoms with Gasteiger partial charge in [0.1, 0.15) is 17.3 Å². The number of hydrogen-bond donors (Lipinski definition) is 0. The number of fused-ring (bicyclic) bond motifs is 1. The quantitative estimate of drug-likeness (QED) is 0.510. The molecule has 2 heterocycles. The normalized spacial score (nSPS) is 19.5. The molecule has 1 aliphatic rings. The van der Waals surface area contributed by atoms with E-state index in [0.717, 1.165) is 16.6 Å². The molecule has 34 heavy (non-hydrogen) atoms. The van der Waals surface area contributed by atoms with Gasteiger partial charge in [-0.15, -0.1) is 0 Å². The van der Waals surface area contributed by atoms with Crippen molar-refractivity contribution >= 4 is 43.2 Å². The topological polar surface area (TPSA) is 107 Å². The number of thiazole rings is 1. The summed E-state index contributed by atoms with van der Waals surface area (Å²) >= 11 is 1.28. The molecule has 188 valence electrons. The number of hydrogen-bond acceptors (Lipinski definition) is 7. The van der Waals surface area contributed by atoms with E-state index in [1.165, 1.54) is 11.3 Å². The van der Waals surface area contributed by atoms with Crippen LogP contribution >= 0.6 is 11.3 Å². The molecule has 1 fully saturated rings. The summed E-state index contributed by atoms with van der Waals surface area (Å²) in [5.74, 6) is -1.38. The second-order valence-corrected chi connectivity index (χ2v) is 11.9. The molecule has 1 aromatic carbocycles. The largest absolute Gasteiger partial charge is 0.494 e. The highest BCUT2D eigenvalue weighted by Crippen LogP contribution is 2.24. The van der Waals surface area contributed by atoms with Crippen LogP contribution in [0.25, 0.3) is 10.2 Å². The van der Waals surface area contributed by atoms with Crippen LogP contribution in [-0.4, -0.2) is 74.6 Å². The van der Waals surface area contributed by atoms with E-state index in [1.807, 2.05) is 43.5 Å². The third-order valence-electron chi connectivity index (χ3n) is 5.61. The molecular weight excluding hydrogens is 478 g/mol. The lowest BCUT2D eigenvalue weighted by atomic mass is 9.92. The Balaban J connectivity index is 1.79. The molecule has 0 spiro atoms. The Kier molecular flexibility index (Phi) is 8.89. The first-order chi connectivity index (χ1) is 16.1. The number of nitrogens with zero attached hydrogens (tertiary/aromatic N) is 3. The molecule has 1 saturated heterocycles. The zero-order chi connectivity index (χ0) is 24.9. The van der Waals surface area contributed by atoms with Gasteiger partial charge in [0, 0.05) is 26.7 Å². The maximum absolute atomic E-state index is 12.6. The SMILES string of the molecule is CCOc1ccc2c(c1)sc(=NC(=O)CS(=O)(=O)CC(=O)N1CC(C)CC(C)C1)n2CCOC. The predicted molar refractivity (Wildman–Crippen MR) is 132 cm³/mol. The van der Waals surface area contributed by atoms with Gasteiger partial charge in [0.25, 0.3) is 5.91 Å². The summed E-state index contributed by atoms with van der Waals surface area (Å²) in [5.41, 5.74) is 0.850. The molecule has 2 amide bonds. The van der Waals surface area contributed by atoms with Crippen molar-refractivity contribution in [2.75, 3.05) is 44.9 Å². The zero-order valence-electron chi connectivity index (χ0n) is 20.2. The monoisotopic (exact) mass is 511 g/mol. The molecule has 1 aromatic heterocycles.